The molecule has 0 spiro atoms. The Morgan fingerprint density at radius 3 is 2.76 bits per heavy atom. The molecule has 2 heterocycles. The molecule has 2 aromatic carbocycles. The van der Waals surface area contributed by atoms with E-state index in [0.29, 0.717) is 22.5 Å². The van der Waals surface area contributed by atoms with Gasteiger partial charge in [-0.1, -0.05) is 31.5 Å². The highest BCUT2D eigenvalue weighted by molar-refractivity contribution is 5.97. The van der Waals surface area contributed by atoms with E-state index in [4.69, 9.17) is 13.6 Å². The molecule has 0 aliphatic rings. The van der Waals surface area contributed by atoms with E-state index in [1.807, 2.05) is 24.3 Å². The molecule has 0 fully saturated rings. The number of methoxy groups -OCH3 is 1. The number of furan rings is 1. The van der Waals surface area contributed by atoms with Gasteiger partial charge in [-0.2, -0.15) is 0 Å². The summed E-state index contributed by atoms with van der Waals surface area (Å²) in [7, 11) is 1.55. The molecule has 1 amide bonds. The second-order valence-electron chi connectivity index (χ2n) is 6.84. The van der Waals surface area contributed by atoms with Crippen LogP contribution in [0.4, 0.5) is 0 Å². The minimum Gasteiger partial charge on any atom is -0.493 e. The van der Waals surface area contributed by atoms with Crippen molar-refractivity contribution >= 4 is 27.8 Å². The van der Waals surface area contributed by atoms with Crippen LogP contribution in [0.25, 0.3) is 21.9 Å². The lowest BCUT2D eigenvalue weighted by molar-refractivity contribution is 0.0925. The Morgan fingerprint density at radius 2 is 1.97 bits per heavy atom. The normalized spacial score (nSPS) is 11.1. The maximum Gasteiger partial charge on any atom is 0.336 e. The zero-order chi connectivity index (χ0) is 20.4. The maximum absolute atomic E-state index is 12.6. The molecule has 2 aromatic heterocycles. The first-order valence-corrected chi connectivity index (χ1v) is 9.49. The van der Waals surface area contributed by atoms with Gasteiger partial charge in [-0.05, 0) is 41.8 Å². The summed E-state index contributed by atoms with van der Waals surface area (Å²) in [6.07, 6.45) is 1.95. The predicted molar refractivity (Wildman–Crippen MR) is 110 cm³/mol. The lowest BCUT2D eigenvalue weighted by atomic mass is 10.0. The fraction of sp³-hybridized carbons (Fsp3) is 0.217. The van der Waals surface area contributed by atoms with E-state index < -0.39 is 5.63 Å². The van der Waals surface area contributed by atoms with Crippen LogP contribution in [-0.4, -0.2) is 13.0 Å². The molecule has 0 atom stereocenters. The number of aryl methyl sites for hydroxylation is 1. The maximum atomic E-state index is 12.6. The number of fused-ring (bicyclic) bond motifs is 2. The Morgan fingerprint density at radius 1 is 1.10 bits per heavy atom. The molecule has 0 unspecified atom stereocenters. The molecular formula is C23H21NO5. The topological polar surface area (TPSA) is 81.7 Å². The molecule has 0 radical (unpaired) electrons. The van der Waals surface area contributed by atoms with E-state index >= 15 is 0 Å². The number of carbonyl (C=O) groups excluding carboxylic acids is 1. The number of rotatable bonds is 6. The van der Waals surface area contributed by atoms with Gasteiger partial charge in [0.1, 0.15) is 5.58 Å². The highest BCUT2D eigenvalue weighted by Crippen LogP contribution is 2.28. The highest BCUT2D eigenvalue weighted by Gasteiger charge is 2.15. The number of ether oxygens (including phenoxy) is 1. The van der Waals surface area contributed by atoms with Crippen LogP contribution in [-0.2, 0) is 13.0 Å². The average Bonchev–Trinajstić information content (AvgIpc) is 3.16. The summed E-state index contributed by atoms with van der Waals surface area (Å²) < 4.78 is 16.2. The monoisotopic (exact) mass is 391 g/mol. The molecule has 148 valence electrons. The zero-order valence-electron chi connectivity index (χ0n) is 16.3. The minimum atomic E-state index is -0.446. The third kappa shape index (κ3) is 3.74. The van der Waals surface area contributed by atoms with Crippen molar-refractivity contribution in [2.45, 2.75) is 26.3 Å². The number of amides is 1. The van der Waals surface area contributed by atoms with Crippen LogP contribution in [0.2, 0.25) is 0 Å². The summed E-state index contributed by atoms with van der Waals surface area (Å²) in [5.74, 6) is 0.384. The molecule has 0 saturated heterocycles. The van der Waals surface area contributed by atoms with Crippen LogP contribution in [0.15, 0.2) is 62.2 Å². The summed E-state index contributed by atoms with van der Waals surface area (Å²) in [5, 5.41) is 4.43. The molecule has 6 heteroatoms. The molecule has 0 aliphatic heterocycles. The molecular weight excluding hydrogens is 370 g/mol. The lowest BCUT2D eigenvalue weighted by Crippen LogP contribution is -2.23. The minimum absolute atomic E-state index is 0.184. The Hall–Kier alpha value is -3.54. The molecule has 0 bridgehead atoms. The van der Waals surface area contributed by atoms with E-state index in [1.54, 1.807) is 25.3 Å². The van der Waals surface area contributed by atoms with E-state index in [0.717, 1.165) is 29.2 Å². The van der Waals surface area contributed by atoms with Crippen molar-refractivity contribution < 1.29 is 18.4 Å². The fourth-order valence-corrected chi connectivity index (χ4v) is 3.44. The van der Waals surface area contributed by atoms with Crippen molar-refractivity contribution in [3.8, 4) is 5.75 Å². The molecule has 6 nitrogen and oxygen atoms in total. The summed E-state index contributed by atoms with van der Waals surface area (Å²) in [6, 6.07) is 14.3. The Bertz CT molecular complexity index is 1250. The van der Waals surface area contributed by atoms with Crippen LogP contribution >= 0.6 is 0 Å². The summed E-state index contributed by atoms with van der Waals surface area (Å²) in [5.41, 5.74) is 2.45. The van der Waals surface area contributed by atoms with Crippen molar-refractivity contribution in [2.75, 3.05) is 7.11 Å². The number of hydrogen-bond donors (Lipinski definition) is 1. The molecule has 4 rings (SSSR count). The first-order chi connectivity index (χ1) is 14.1. The summed E-state index contributed by atoms with van der Waals surface area (Å²) >= 11 is 0. The smallest absolute Gasteiger partial charge is 0.336 e. The van der Waals surface area contributed by atoms with Gasteiger partial charge in [-0.15, -0.1) is 0 Å². The van der Waals surface area contributed by atoms with Gasteiger partial charge >= 0.3 is 5.63 Å². The third-order valence-electron chi connectivity index (χ3n) is 4.82. The largest absolute Gasteiger partial charge is 0.493 e. The molecule has 29 heavy (non-hydrogen) atoms. The zero-order valence-corrected chi connectivity index (χ0v) is 16.3. The standard InChI is InChI=1S/C23H21NO5/c1-3-5-14-8-9-18-17(10-14)16(12-21(25)28-18)13-24-23(26)20-11-15-6-4-7-19(27-2)22(15)29-20/h4,6-12H,3,5,13H2,1-2H3,(H,24,26). The average molecular weight is 391 g/mol. The Labute approximate surface area is 167 Å². The summed E-state index contributed by atoms with van der Waals surface area (Å²) in [6.45, 7) is 2.30. The van der Waals surface area contributed by atoms with E-state index in [2.05, 4.69) is 12.2 Å². The number of benzene rings is 2. The van der Waals surface area contributed by atoms with Crippen molar-refractivity contribution in [1.29, 1.82) is 0 Å². The SMILES string of the molecule is CCCc1ccc2oc(=O)cc(CNC(=O)c3cc4cccc(OC)c4o3)c2c1. The number of hydrogen-bond acceptors (Lipinski definition) is 5. The first kappa shape index (κ1) is 18.8. The molecule has 1 N–H and O–H groups in total. The van der Waals surface area contributed by atoms with E-state index in [-0.39, 0.29) is 18.2 Å². The van der Waals surface area contributed by atoms with Crippen molar-refractivity contribution in [2.24, 2.45) is 0 Å². The second-order valence-corrected chi connectivity index (χ2v) is 6.84. The lowest BCUT2D eigenvalue weighted by Gasteiger charge is -2.08. The van der Waals surface area contributed by atoms with Gasteiger partial charge in [0, 0.05) is 23.4 Å². The number of para-hydroxylation sites is 1. The van der Waals surface area contributed by atoms with Crippen LogP contribution in [0.3, 0.4) is 0 Å². The van der Waals surface area contributed by atoms with Crippen LogP contribution in [0.1, 0.15) is 35.0 Å². The molecule has 0 saturated carbocycles. The van der Waals surface area contributed by atoms with Gasteiger partial charge in [0.15, 0.2) is 17.1 Å². The highest BCUT2D eigenvalue weighted by atomic mass is 16.5. The van der Waals surface area contributed by atoms with Crippen LogP contribution in [0.5, 0.6) is 5.75 Å². The fourth-order valence-electron chi connectivity index (χ4n) is 3.44. The van der Waals surface area contributed by atoms with Gasteiger partial charge < -0.3 is 18.9 Å². The van der Waals surface area contributed by atoms with Gasteiger partial charge in [0.25, 0.3) is 5.91 Å². The quantitative estimate of drug-likeness (QED) is 0.492. The van der Waals surface area contributed by atoms with E-state index in [9.17, 15) is 9.59 Å². The summed E-state index contributed by atoms with van der Waals surface area (Å²) in [4.78, 5) is 24.5. The third-order valence-corrected chi connectivity index (χ3v) is 4.82. The predicted octanol–water partition coefficient (Wildman–Crippen LogP) is 4.43. The number of carbonyl (C=O) groups is 1. The van der Waals surface area contributed by atoms with Gasteiger partial charge in [-0.25, -0.2) is 4.79 Å². The second kappa shape index (κ2) is 7.83. The van der Waals surface area contributed by atoms with Crippen molar-refractivity contribution in [3.63, 3.8) is 0 Å². The first-order valence-electron chi connectivity index (χ1n) is 9.49. The van der Waals surface area contributed by atoms with E-state index in [1.165, 1.54) is 6.07 Å². The number of nitrogens with one attached hydrogen (secondary N) is 1. The molecule has 4 aromatic rings. The Balaban J connectivity index is 1.61. The Kier molecular flexibility index (Phi) is 5.08. The van der Waals surface area contributed by atoms with Crippen LogP contribution in [0, 0.1) is 0 Å². The van der Waals surface area contributed by atoms with Crippen LogP contribution < -0.4 is 15.7 Å². The van der Waals surface area contributed by atoms with Gasteiger partial charge in [-0.3, -0.25) is 4.79 Å². The van der Waals surface area contributed by atoms with Crippen molar-refractivity contribution in [1.82, 2.24) is 5.32 Å². The molecule has 0 aliphatic carbocycles. The van der Waals surface area contributed by atoms with Gasteiger partial charge in [0.2, 0.25) is 0 Å². The van der Waals surface area contributed by atoms with Crippen molar-refractivity contribution in [3.05, 3.63) is 75.8 Å². The van der Waals surface area contributed by atoms with Gasteiger partial charge in [0.05, 0.1) is 7.11 Å².